The van der Waals surface area contributed by atoms with Gasteiger partial charge in [-0.25, -0.2) is 9.78 Å². The molecule has 0 aromatic carbocycles. The second kappa shape index (κ2) is 6.42. The third-order valence-electron chi connectivity index (χ3n) is 3.38. The molecule has 100 valence electrons. The summed E-state index contributed by atoms with van der Waals surface area (Å²) in [6.45, 7) is 2.56. The average molecular weight is 250 g/mol. The lowest BCUT2D eigenvalue weighted by atomic mass is 9.96. The van der Waals surface area contributed by atoms with Gasteiger partial charge in [-0.2, -0.15) is 0 Å². The number of urea groups is 1. The van der Waals surface area contributed by atoms with Crippen LogP contribution in [0.15, 0.2) is 6.20 Å². The molecule has 0 bridgehead atoms. The van der Waals surface area contributed by atoms with Crippen LogP contribution in [0.2, 0.25) is 0 Å². The highest BCUT2D eigenvalue weighted by Gasteiger charge is 2.15. The van der Waals surface area contributed by atoms with Crippen LogP contribution in [0.5, 0.6) is 0 Å². The molecule has 3 N–H and O–H groups in total. The van der Waals surface area contributed by atoms with Crippen LogP contribution in [0.4, 0.5) is 4.79 Å². The number of nitrogens with one attached hydrogen (secondary N) is 3. The molecule has 0 atom stereocenters. The van der Waals surface area contributed by atoms with E-state index in [1.807, 2.05) is 13.1 Å². The molecule has 2 rings (SSSR count). The number of imidazole rings is 1. The van der Waals surface area contributed by atoms with Crippen molar-refractivity contribution in [2.24, 2.45) is 0 Å². The van der Waals surface area contributed by atoms with Gasteiger partial charge in [0.2, 0.25) is 0 Å². The summed E-state index contributed by atoms with van der Waals surface area (Å²) in [5, 5.41) is 5.92. The quantitative estimate of drug-likeness (QED) is 0.763. The zero-order valence-electron chi connectivity index (χ0n) is 11.0. The Morgan fingerprint density at radius 1 is 1.44 bits per heavy atom. The highest BCUT2D eigenvalue weighted by atomic mass is 16.2. The van der Waals surface area contributed by atoms with E-state index in [4.69, 9.17) is 0 Å². The molecule has 5 heteroatoms. The molecule has 1 aromatic rings. The van der Waals surface area contributed by atoms with Gasteiger partial charge in [0.15, 0.2) is 0 Å². The van der Waals surface area contributed by atoms with Gasteiger partial charge in [0.1, 0.15) is 5.82 Å². The average Bonchev–Trinajstić information content (AvgIpc) is 2.76. The molecule has 5 nitrogen and oxygen atoms in total. The molecule has 1 aliphatic carbocycles. The summed E-state index contributed by atoms with van der Waals surface area (Å²) in [6, 6.07) is 0.325. The van der Waals surface area contributed by atoms with Gasteiger partial charge in [0.25, 0.3) is 0 Å². The lowest BCUT2D eigenvalue weighted by molar-refractivity contribution is 0.233. The molecule has 1 fully saturated rings. The minimum absolute atomic E-state index is 0.0434. The van der Waals surface area contributed by atoms with E-state index in [9.17, 15) is 4.79 Å². The van der Waals surface area contributed by atoms with E-state index in [1.165, 1.54) is 19.3 Å². The number of hydrogen-bond acceptors (Lipinski definition) is 2. The fraction of sp³-hybridized carbons (Fsp3) is 0.692. The van der Waals surface area contributed by atoms with Crippen molar-refractivity contribution in [3.8, 4) is 0 Å². The number of H-pyrrole nitrogens is 1. The maximum atomic E-state index is 11.7. The third-order valence-corrected chi connectivity index (χ3v) is 3.38. The van der Waals surface area contributed by atoms with Crippen molar-refractivity contribution in [3.05, 3.63) is 17.7 Å². The Hall–Kier alpha value is -1.52. The van der Waals surface area contributed by atoms with Crippen molar-refractivity contribution < 1.29 is 4.79 Å². The van der Waals surface area contributed by atoms with Crippen LogP contribution in [0, 0.1) is 6.92 Å². The number of hydrogen-bond donors (Lipinski definition) is 3. The Balaban J connectivity index is 1.62. The number of aromatic nitrogens is 2. The molecule has 18 heavy (non-hydrogen) atoms. The predicted octanol–water partition coefficient (Wildman–Crippen LogP) is 1.89. The van der Waals surface area contributed by atoms with Crippen LogP contribution in [0.1, 0.15) is 43.6 Å². The van der Waals surface area contributed by atoms with Crippen molar-refractivity contribution in [3.63, 3.8) is 0 Å². The summed E-state index contributed by atoms with van der Waals surface area (Å²) in [7, 11) is 0. The summed E-state index contributed by atoms with van der Waals surface area (Å²) < 4.78 is 0. The topological polar surface area (TPSA) is 69.8 Å². The number of aryl methyl sites for hydroxylation is 1. The highest BCUT2D eigenvalue weighted by molar-refractivity contribution is 5.74. The summed E-state index contributed by atoms with van der Waals surface area (Å²) in [5.74, 6) is 0.914. The Kier molecular flexibility index (Phi) is 4.61. The molecule has 0 unspecified atom stereocenters. The standard InChI is InChI=1S/C13H22N4O/c1-10-15-9-12(16-10)7-8-14-13(18)17-11-5-3-2-4-6-11/h9,11H,2-8H2,1H3,(H,15,16)(H2,14,17,18). The van der Waals surface area contributed by atoms with Gasteiger partial charge >= 0.3 is 6.03 Å². The molecule has 0 aliphatic heterocycles. The second-order valence-electron chi connectivity index (χ2n) is 4.98. The predicted molar refractivity (Wildman–Crippen MR) is 70.4 cm³/mol. The molecule has 0 saturated heterocycles. The SMILES string of the molecule is Cc1ncc(CCNC(=O)NC2CCCCC2)[nH]1. The number of aromatic amines is 1. The van der Waals surface area contributed by atoms with E-state index in [0.29, 0.717) is 12.6 Å². The van der Waals surface area contributed by atoms with Crippen LogP contribution in [-0.2, 0) is 6.42 Å². The fourth-order valence-corrected chi connectivity index (χ4v) is 2.39. The van der Waals surface area contributed by atoms with E-state index in [-0.39, 0.29) is 6.03 Å². The van der Waals surface area contributed by atoms with Gasteiger partial charge in [-0.3, -0.25) is 0 Å². The van der Waals surface area contributed by atoms with Gasteiger partial charge in [0, 0.05) is 30.9 Å². The zero-order chi connectivity index (χ0) is 12.8. The first kappa shape index (κ1) is 12.9. The number of rotatable bonds is 4. The van der Waals surface area contributed by atoms with Gasteiger partial charge in [-0.05, 0) is 19.8 Å². The first-order chi connectivity index (χ1) is 8.74. The third kappa shape index (κ3) is 4.05. The number of carbonyl (C=O) groups is 1. The van der Waals surface area contributed by atoms with E-state index < -0.39 is 0 Å². The first-order valence-corrected chi connectivity index (χ1v) is 6.79. The summed E-state index contributed by atoms with van der Waals surface area (Å²) in [6.07, 6.45) is 8.62. The molecule has 0 spiro atoms. The number of carbonyl (C=O) groups excluding carboxylic acids is 1. The van der Waals surface area contributed by atoms with Crippen LogP contribution < -0.4 is 10.6 Å². The van der Waals surface area contributed by atoms with Crippen molar-refractivity contribution >= 4 is 6.03 Å². The van der Waals surface area contributed by atoms with Gasteiger partial charge in [-0.1, -0.05) is 19.3 Å². The van der Waals surface area contributed by atoms with E-state index in [2.05, 4.69) is 20.6 Å². The minimum Gasteiger partial charge on any atom is -0.346 e. The first-order valence-electron chi connectivity index (χ1n) is 6.79. The second-order valence-corrected chi connectivity index (χ2v) is 4.98. The fourth-order valence-electron chi connectivity index (χ4n) is 2.39. The van der Waals surface area contributed by atoms with Crippen molar-refractivity contribution in [1.82, 2.24) is 20.6 Å². The molecule has 0 radical (unpaired) electrons. The van der Waals surface area contributed by atoms with Crippen LogP contribution >= 0.6 is 0 Å². The molecular formula is C13H22N4O. The van der Waals surface area contributed by atoms with Crippen LogP contribution in [-0.4, -0.2) is 28.6 Å². The maximum Gasteiger partial charge on any atom is 0.315 e. The summed E-state index contributed by atoms with van der Waals surface area (Å²) in [5.41, 5.74) is 1.06. The molecular weight excluding hydrogens is 228 g/mol. The van der Waals surface area contributed by atoms with Crippen molar-refractivity contribution in [2.75, 3.05) is 6.54 Å². The van der Waals surface area contributed by atoms with Gasteiger partial charge in [0.05, 0.1) is 0 Å². The smallest absolute Gasteiger partial charge is 0.315 e. The Labute approximate surface area is 108 Å². The Morgan fingerprint density at radius 3 is 2.89 bits per heavy atom. The number of amides is 2. The van der Waals surface area contributed by atoms with Crippen LogP contribution in [0.25, 0.3) is 0 Å². The lowest BCUT2D eigenvalue weighted by Crippen LogP contribution is -2.43. The summed E-state index contributed by atoms with van der Waals surface area (Å²) >= 11 is 0. The lowest BCUT2D eigenvalue weighted by Gasteiger charge is -2.22. The van der Waals surface area contributed by atoms with Gasteiger partial charge in [-0.15, -0.1) is 0 Å². The van der Waals surface area contributed by atoms with E-state index >= 15 is 0 Å². The van der Waals surface area contributed by atoms with Crippen LogP contribution in [0.3, 0.4) is 0 Å². The zero-order valence-corrected chi connectivity index (χ0v) is 11.0. The molecule has 1 aromatic heterocycles. The minimum atomic E-state index is -0.0434. The number of nitrogens with zero attached hydrogens (tertiary/aromatic N) is 1. The van der Waals surface area contributed by atoms with Gasteiger partial charge < -0.3 is 15.6 Å². The molecule has 2 amide bonds. The molecule has 1 aliphatic rings. The highest BCUT2D eigenvalue weighted by Crippen LogP contribution is 2.17. The van der Waals surface area contributed by atoms with E-state index in [0.717, 1.165) is 30.8 Å². The molecule has 1 saturated carbocycles. The summed E-state index contributed by atoms with van der Waals surface area (Å²) in [4.78, 5) is 18.9. The normalized spacial score (nSPS) is 16.5. The van der Waals surface area contributed by atoms with E-state index in [1.54, 1.807) is 0 Å². The Bertz CT molecular complexity index is 382. The molecule has 1 heterocycles. The maximum absolute atomic E-state index is 11.7. The monoisotopic (exact) mass is 250 g/mol. The van der Waals surface area contributed by atoms with Crippen molar-refractivity contribution in [1.29, 1.82) is 0 Å². The largest absolute Gasteiger partial charge is 0.346 e. The Morgan fingerprint density at radius 2 is 2.22 bits per heavy atom. The van der Waals surface area contributed by atoms with Crippen molar-refractivity contribution in [2.45, 2.75) is 51.5 Å².